The van der Waals surface area contributed by atoms with Gasteiger partial charge in [-0.25, -0.2) is 9.37 Å². The third-order valence-electron chi connectivity index (χ3n) is 3.99. The van der Waals surface area contributed by atoms with Gasteiger partial charge in [0.15, 0.2) is 0 Å². The number of nitrogens with zero attached hydrogens (tertiary/aromatic N) is 4. The fourth-order valence-electron chi connectivity index (χ4n) is 2.89. The monoisotopic (exact) mass is 325 g/mol. The molecular weight excluding hydrogens is 305 g/mol. The number of hydrogen-bond donors (Lipinski definition) is 1. The predicted octanol–water partition coefficient (Wildman–Crippen LogP) is 3.00. The molecule has 0 fully saturated rings. The number of imidazole rings is 1. The number of benzene rings is 1. The van der Waals surface area contributed by atoms with Crippen LogP contribution < -0.4 is 5.32 Å². The highest BCUT2D eigenvalue weighted by molar-refractivity contribution is 5.55. The Labute approximate surface area is 140 Å². The van der Waals surface area contributed by atoms with Gasteiger partial charge in [-0.3, -0.25) is 4.99 Å². The lowest BCUT2D eigenvalue weighted by atomic mass is 10.2. The van der Waals surface area contributed by atoms with E-state index in [1.54, 1.807) is 18.5 Å². The first-order valence-electron chi connectivity index (χ1n) is 7.85. The molecule has 0 aliphatic carbocycles. The molecule has 1 unspecified atom stereocenters. The van der Waals surface area contributed by atoms with E-state index in [0.29, 0.717) is 6.54 Å². The quantitative estimate of drug-likeness (QED) is 0.831. The number of aliphatic imine (C=N–C) groups is 1. The van der Waals surface area contributed by atoms with Crippen molar-refractivity contribution in [3.05, 3.63) is 66.6 Å². The number of aromatic nitrogens is 2. The van der Waals surface area contributed by atoms with Crippen molar-refractivity contribution in [3.63, 3.8) is 0 Å². The molecule has 0 spiro atoms. The molecule has 1 aromatic carbocycles. The first-order chi connectivity index (χ1) is 11.7. The van der Waals surface area contributed by atoms with Gasteiger partial charge in [0, 0.05) is 36.9 Å². The molecule has 0 saturated carbocycles. The first-order valence-corrected chi connectivity index (χ1v) is 7.85. The van der Waals surface area contributed by atoms with Crippen molar-refractivity contribution in [2.24, 2.45) is 4.99 Å². The summed E-state index contributed by atoms with van der Waals surface area (Å²) < 4.78 is 15.5. The number of likely N-dealkylation sites (N-methyl/N-ethyl adjacent to an activating group) is 1. The molecule has 1 aromatic heterocycles. The van der Waals surface area contributed by atoms with Crippen LogP contribution in [-0.2, 0) is 6.54 Å². The number of nitrogens with one attached hydrogen (secondary N) is 1. The highest BCUT2D eigenvalue weighted by Crippen LogP contribution is 2.21. The largest absolute Gasteiger partial charge is 0.368 e. The molecule has 124 valence electrons. The molecule has 5 nitrogen and oxygen atoms in total. The molecule has 3 rings (SSSR count). The summed E-state index contributed by atoms with van der Waals surface area (Å²) >= 11 is 0. The summed E-state index contributed by atoms with van der Waals surface area (Å²) in [5.41, 5.74) is 1.83. The molecule has 1 aliphatic heterocycles. The molecule has 0 radical (unpaired) electrons. The van der Waals surface area contributed by atoms with Gasteiger partial charge in [0.05, 0.1) is 12.2 Å². The van der Waals surface area contributed by atoms with Crippen molar-refractivity contribution in [2.75, 3.05) is 6.54 Å². The van der Waals surface area contributed by atoms with Gasteiger partial charge in [-0.15, -0.1) is 0 Å². The van der Waals surface area contributed by atoms with Crippen LogP contribution >= 0.6 is 0 Å². The van der Waals surface area contributed by atoms with Crippen LogP contribution in [0.5, 0.6) is 0 Å². The Kier molecular flexibility index (Phi) is 4.74. The predicted molar refractivity (Wildman–Crippen MR) is 93.7 cm³/mol. The Hall–Kier alpha value is -2.89. The lowest BCUT2D eigenvalue weighted by Crippen LogP contribution is -2.40. The number of allylic oxidation sites excluding steroid dienone is 1. The summed E-state index contributed by atoms with van der Waals surface area (Å²) in [5, 5.41) is 3.37. The minimum absolute atomic E-state index is 0.0981. The molecule has 2 aromatic rings. The summed E-state index contributed by atoms with van der Waals surface area (Å²) in [6.45, 7) is 7.11. The summed E-state index contributed by atoms with van der Waals surface area (Å²) in [4.78, 5) is 10.4. The zero-order valence-corrected chi connectivity index (χ0v) is 13.6. The zero-order valence-electron chi connectivity index (χ0n) is 13.6. The van der Waals surface area contributed by atoms with Crippen molar-refractivity contribution in [3.8, 4) is 11.4 Å². The standard InChI is InChI=1S/C18H20FN5/c1-3-24-16(7-8-20-2)12-22-17(24)13-23-10-9-21-18(23)14-5-4-6-15(19)11-14/h4-12,17,22H,2-3,13H2,1H3/b8-7+. The van der Waals surface area contributed by atoms with Crippen LogP contribution in [0, 0.1) is 5.82 Å². The molecule has 1 aliphatic rings. The molecule has 24 heavy (non-hydrogen) atoms. The van der Waals surface area contributed by atoms with Crippen molar-refractivity contribution >= 4 is 6.72 Å². The minimum Gasteiger partial charge on any atom is -0.368 e. The van der Waals surface area contributed by atoms with Crippen LogP contribution in [0.25, 0.3) is 11.4 Å². The minimum atomic E-state index is -0.262. The third-order valence-corrected chi connectivity index (χ3v) is 3.99. The van der Waals surface area contributed by atoms with Gasteiger partial charge in [-0.2, -0.15) is 0 Å². The van der Waals surface area contributed by atoms with E-state index in [1.165, 1.54) is 12.1 Å². The van der Waals surface area contributed by atoms with Crippen molar-refractivity contribution in [1.29, 1.82) is 0 Å². The van der Waals surface area contributed by atoms with E-state index in [9.17, 15) is 4.39 Å². The van der Waals surface area contributed by atoms with Crippen LogP contribution in [-0.4, -0.2) is 33.9 Å². The Morgan fingerprint density at radius 1 is 1.46 bits per heavy atom. The smallest absolute Gasteiger partial charge is 0.140 e. The van der Waals surface area contributed by atoms with Crippen LogP contribution in [0.2, 0.25) is 0 Å². The average Bonchev–Trinajstić information content (AvgIpc) is 3.20. The first kappa shape index (κ1) is 16.0. The zero-order chi connectivity index (χ0) is 16.9. The van der Waals surface area contributed by atoms with Gasteiger partial charge in [-0.05, 0) is 31.9 Å². The lowest BCUT2D eigenvalue weighted by Gasteiger charge is -2.27. The SMILES string of the molecule is C=N/C=C/C1=CNC(Cn2ccnc2-c2cccc(F)c2)N1CC. The second-order valence-corrected chi connectivity index (χ2v) is 5.45. The molecule has 1 atom stereocenters. The van der Waals surface area contributed by atoms with E-state index >= 15 is 0 Å². The molecular formula is C18H20FN5. The lowest BCUT2D eigenvalue weighted by molar-refractivity contribution is 0.251. The van der Waals surface area contributed by atoms with E-state index in [1.807, 2.05) is 29.1 Å². The summed E-state index contributed by atoms with van der Waals surface area (Å²) in [6, 6.07) is 6.50. The topological polar surface area (TPSA) is 45.5 Å². The molecule has 6 heteroatoms. The molecule has 0 amide bonds. The van der Waals surface area contributed by atoms with E-state index in [-0.39, 0.29) is 12.0 Å². The highest BCUT2D eigenvalue weighted by atomic mass is 19.1. The summed E-state index contributed by atoms with van der Waals surface area (Å²) in [7, 11) is 0. The van der Waals surface area contributed by atoms with Crippen LogP contribution in [0.4, 0.5) is 4.39 Å². The molecule has 2 heterocycles. The van der Waals surface area contributed by atoms with Gasteiger partial charge in [0.2, 0.25) is 0 Å². The normalized spacial score (nSPS) is 17.2. The van der Waals surface area contributed by atoms with Gasteiger partial charge in [0.25, 0.3) is 0 Å². The summed E-state index contributed by atoms with van der Waals surface area (Å²) in [5.74, 6) is 0.492. The maximum absolute atomic E-state index is 13.5. The number of rotatable bonds is 6. The fraction of sp³-hybridized carbons (Fsp3) is 0.222. The Morgan fingerprint density at radius 3 is 3.08 bits per heavy atom. The van der Waals surface area contributed by atoms with Gasteiger partial charge in [-0.1, -0.05) is 12.1 Å². The van der Waals surface area contributed by atoms with E-state index in [2.05, 4.69) is 33.8 Å². The molecule has 0 bridgehead atoms. The van der Waals surface area contributed by atoms with E-state index in [0.717, 1.165) is 23.6 Å². The van der Waals surface area contributed by atoms with Gasteiger partial charge < -0.3 is 14.8 Å². The maximum Gasteiger partial charge on any atom is 0.140 e. The van der Waals surface area contributed by atoms with Crippen molar-refractivity contribution in [2.45, 2.75) is 19.6 Å². The van der Waals surface area contributed by atoms with Gasteiger partial charge >= 0.3 is 0 Å². The second kappa shape index (κ2) is 7.12. The van der Waals surface area contributed by atoms with Crippen LogP contribution in [0.15, 0.2) is 65.8 Å². The number of hydrogen-bond acceptors (Lipinski definition) is 4. The van der Waals surface area contributed by atoms with Gasteiger partial charge in [0.1, 0.15) is 17.8 Å². The van der Waals surface area contributed by atoms with E-state index < -0.39 is 0 Å². The van der Waals surface area contributed by atoms with E-state index in [4.69, 9.17) is 0 Å². The maximum atomic E-state index is 13.5. The molecule has 0 saturated heterocycles. The van der Waals surface area contributed by atoms with Crippen molar-refractivity contribution in [1.82, 2.24) is 19.8 Å². The third kappa shape index (κ3) is 3.22. The van der Waals surface area contributed by atoms with Crippen LogP contribution in [0.3, 0.4) is 0 Å². The Morgan fingerprint density at radius 2 is 2.33 bits per heavy atom. The van der Waals surface area contributed by atoms with Crippen LogP contribution in [0.1, 0.15) is 6.92 Å². The number of halogens is 1. The fourth-order valence-corrected chi connectivity index (χ4v) is 2.89. The Bertz CT molecular complexity index is 777. The molecule has 1 N–H and O–H groups in total. The Balaban J connectivity index is 1.79. The van der Waals surface area contributed by atoms with Crippen molar-refractivity contribution < 1.29 is 4.39 Å². The second-order valence-electron chi connectivity index (χ2n) is 5.45. The average molecular weight is 325 g/mol. The highest BCUT2D eigenvalue weighted by Gasteiger charge is 2.24. The summed E-state index contributed by atoms with van der Waals surface area (Å²) in [6.07, 6.45) is 9.31.